The Kier molecular flexibility index (Phi) is 6.17. The second kappa shape index (κ2) is 9.57. The van der Waals surface area contributed by atoms with E-state index < -0.39 is 5.92 Å². The molecule has 1 atom stereocenters. The average Bonchev–Trinajstić information content (AvgIpc) is 2.86. The van der Waals surface area contributed by atoms with Gasteiger partial charge in [0, 0.05) is 25.2 Å². The third-order valence-electron chi connectivity index (χ3n) is 6.27. The quantitative estimate of drug-likeness (QED) is 0.541. The van der Waals surface area contributed by atoms with Crippen LogP contribution in [0, 0.1) is 23.0 Å². The summed E-state index contributed by atoms with van der Waals surface area (Å²) in [6, 6.07) is 24.7. The van der Waals surface area contributed by atoms with Crippen LogP contribution in [0.15, 0.2) is 107 Å². The first kappa shape index (κ1) is 22.6. The highest BCUT2D eigenvalue weighted by molar-refractivity contribution is 5.63. The van der Waals surface area contributed by atoms with Crippen LogP contribution < -0.4 is 5.73 Å². The molecule has 174 valence electrons. The van der Waals surface area contributed by atoms with Crippen molar-refractivity contribution in [2.45, 2.75) is 12.5 Å². The Balaban J connectivity index is 1.62. The molecule has 0 fully saturated rings. The van der Waals surface area contributed by atoms with E-state index in [0.29, 0.717) is 31.0 Å². The highest BCUT2D eigenvalue weighted by Crippen LogP contribution is 2.44. The number of nitrogens with two attached hydrogens (primary N) is 1. The molecular formula is C29H23F2N3O. The Morgan fingerprint density at radius 2 is 1.60 bits per heavy atom. The normalized spacial score (nSPS) is 19.3. The fourth-order valence-corrected chi connectivity index (χ4v) is 4.69. The molecule has 2 heterocycles. The van der Waals surface area contributed by atoms with E-state index in [1.165, 1.54) is 24.3 Å². The van der Waals surface area contributed by atoms with Gasteiger partial charge in [0.25, 0.3) is 0 Å². The van der Waals surface area contributed by atoms with E-state index in [0.717, 1.165) is 27.8 Å². The van der Waals surface area contributed by atoms with Crippen LogP contribution in [0.4, 0.5) is 8.78 Å². The van der Waals surface area contributed by atoms with Gasteiger partial charge in [0.1, 0.15) is 29.0 Å². The summed E-state index contributed by atoms with van der Waals surface area (Å²) in [4.78, 5) is 2.26. The lowest BCUT2D eigenvalue weighted by atomic mass is 9.80. The minimum absolute atomic E-state index is 0.0436. The molecule has 0 aromatic heterocycles. The van der Waals surface area contributed by atoms with Crippen molar-refractivity contribution in [2.24, 2.45) is 5.73 Å². The maximum Gasteiger partial charge on any atom is 0.205 e. The number of benzene rings is 3. The molecule has 0 bridgehead atoms. The molecule has 0 amide bonds. The minimum Gasteiger partial charge on any atom is -0.440 e. The highest BCUT2D eigenvalue weighted by atomic mass is 19.1. The smallest absolute Gasteiger partial charge is 0.205 e. The number of halogens is 2. The van der Waals surface area contributed by atoms with Crippen LogP contribution in [0.1, 0.15) is 22.6 Å². The van der Waals surface area contributed by atoms with E-state index in [2.05, 4.69) is 23.1 Å². The van der Waals surface area contributed by atoms with Gasteiger partial charge in [-0.15, -0.1) is 0 Å². The van der Waals surface area contributed by atoms with Gasteiger partial charge in [0.2, 0.25) is 5.88 Å². The summed E-state index contributed by atoms with van der Waals surface area (Å²) in [5.74, 6) is -0.458. The monoisotopic (exact) mass is 467 g/mol. The Bertz CT molecular complexity index is 1370. The Morgan fingerprint density at radius 1 is 0.943 bits per heavy atom. The summed E-state index contributed by atoms with van der Waals surface area (Å²) in [5.41, 5.74) is 11.0. The summed E-state index contributed by atoms with van der Waals surface area (Å²) < 4.78 is 33.2. The zero-order valence-electron chi connectivity index (χ0n) is 18.9. The van der Waals surface area contributed by atoms with Gasteiger partial charge in [0.05, 0.1) is 5.92 Å². The first-order chi connectivity index (χ1) is 17.0. The van der Waals surface area contributed by atoms with Crippen LogP contribution in [0.2, 0.25) is 0 Å². The first-order valence-corrected chi connectivity index (χ1v) is 11.3. The number of allylic oxidation sites excluding steroid dienone is 1. The molecule has 0 saturated heterocycles. The van der Waals surface area contributed by atoms with E-state index in [1.807, 2.05) is 24.3 Å². The maximum absolute atomic E-state index is 13.7. The molecule has 3 aromatic carbocycles. The molecule has 3 aromatic rings. The SMILES string of the molecule is N#CC1=C(N)OC2=C(CN(Cc3ccccc3)C/C2=C\c2ccc(F)cc2)C1c1ccc(F)cc1. The summed E-state index contributed by atoms with van der Waals surface area (Å²) in [6.07, 6.45) is 1.96. The van der Waals surface area contributed by atoms with Crippen molar-refractivity contribution in [3.8, 4) is 6.07 Å². The second-order valence-corrected chi connectivity index (χ2v) is 8.68. The van der Waals surface area contributed by atoms with Crippen molar-refractivity contribution >= 4 is 6.08 Å². The number of nitrogens with zero attached hydrogens (tertiary/aromatic N) is 2. The van der Waals surface area contributed by atoms with Gasteiger partial charge in [-0.05, 0) is 52.6 Å². The van der Waals surface area contributed by atoms with Crippen molar-refractivity contribution < 1.29 is 13.5 Å². The lowest BCUT2D eigenvalue weighted by Crippen LogP contribution is -2.37. The van der Waals surface area contributed by atoms with Crippen LogP contribution in [-0.2, 0) is 11.3 Å². The molecule has 2 aliphatic heterocycles. The van der Waals surface area contributed by atoms with Gasteiger partial charge >= 0.3 is 0 Å². The molecule has 1 unspecified atom stereocenters. The van der Waals surface area contributed by atoms with E-state index in [4.69, 9.17) is 10.5 Å². The van der Waals surface area contributed by atoms with E-state index in [9.17, 15) is 14.0 Å². The molecule has 0 radical (unpaired) electrons. The number of nitriles is 1. The predicted molar refractivity (Wildman–Crippen MR) is 130 cm³/mol. The van der Waals surface area contributed by atoms with Crippen LogP contribution >= 0.6 is 0 Å². The van der Waals surface area contributed by atoms with E-state index in [1.54, 1.807) is 24.3 Å². The maximum atomic E-state index is 13.7. The fourth-order valence-electron chi connectivity index (χ4n) is 4.69. The molecule has 35 heavy (non-hydrogen) atoms. The van der Waals surface area contributed by atoms with E-state index >= 15 is 0 Å². The van der Waals surface area contributed by atoms with Crippen molar-refractivity contribution in [3.05, 3.63) is 136 Å². The third kappa shape index (κ3) is 4.72. The highest BCUT2D eigenvalue weighted by Gasteiger charge is 2.37. The van der Waals surface area contributed by atoms with Gasteiger partial charge < -0.3 is 10.5 Å². The second-order valence-electron chi connectivity index (χ2n) is 8.68. The zero-order chi connectivity index (χ0) is 24.4. The average molecular weight is 468 g/mol. The Hall–Kier alpha value is -4.21. The lowest BCUT2D eigenvalue weighted by molar-refractivity contribution is 0.230. The van der Waals surface area contributed by atoms with Crippen molar-refractivity contribution in [3.63, 3.8) is 0 Å². The molecule has 6 heteroatoms. The van der Waals surface area contributed by atoms with Gasteiger partial charge in [0.15, 0.2) is 0 Å². The number of ether oxygens (including phenoxy) is 1. The van der Waals surface area contributed by atoms with E-state index in [-0.39, 0.29) is 17.5 Å². The van der Waals surface area contributed by atoms with Gasteiger partial charge in [-0.1, -0.05) is 54.6 Å². The predicted octanol–water partition coefficient (Wildman–Crippen LogP) is 5.63. The molecule has 4 nitrogen and oxygen atoms in total. The van der Waals surface area contributed by atoms with Crippen molar-refractivity contribution in [1.29, 1.82) is 5.26 Å². The summed E-state index contributed by atoms with van der Waals surface area (Å²) in [6.45, 7) is 1.82. The van der Waals surface area contributed by atoms with Gasteiger partial charge in [-0.2, -0.15) is 5.26 Å². The summed E-state index contributed by atoms with van der Waals surface area (Å²) in [7, 11) is 0. The Labute approximate surface area is 202 Å². The molecule has 0 spiro atoms. The van der Waals surface area contributed by atoms with Crippen LogP contribution in [0.5, 0.6) is 0 Å². The van der Waals surface area contributed by atoms with Crippen molar-refractivity contribution in [1.82, 2.24) is 4.90 Å². The lowest BCUT2D eigenvalue weighted by Gasteiger charge is -2.38. The number of hydrogen-bond acceptors (Lipinski definition) is 4. The number of rotatable bonds is 4. The molecule has 5 rings (SSSR count). The fraction of sp³-hybridized carbons (Fsp3) is 0.138. The third-order valence-corrected chi connectivity index (χ3v) is 6.27. The summed E-state index contributed by atoms with van der Waals surface area (Å²) in [5, 5.41) is 9.94. The van der Waals surface area contributed by atoms with Gasteiger partial charge in [-0.25, -0.2) is 8.78 Å². The molecule has 2 aliphatic rings. The number of hydrogen-bond donors (Lipinski definition) is 1. The van der Waals surface area contributed by atoms with Crippen LogP contribution in [0.25, 0.3) is 6.08 Å². The van der Waals surface area contributed by atoms with Crippen LogP contribution in [0.3, 0.4) is 0 Å². The van der Waals surface area contributed by atoms with Crippen molar-refractivity contribution in [2.75, 3.05) is 13.1 Å². The topological polar surface area (TPSA) is 62.3 Å². The summed E-state index contributed by atoms with van der Waals surface area (Å²) >= 11 is 0. The minimum atomic E-state index is -0.459. The largest absolute Gasteiger partial charge is 0.440 e. The first-order valence-electron chi connectivity index (χ1n) is 11.3. The molecule has 2 N–H and O–H groups in total. The Morgan fingerprint density at radius 3 is 2.26 bits per heavy atom. The standard InChI is InChI=1S/C29H23F2N3O/c30-23-10-6-19(7-11-23)14-22-17-34(16-20-4-2-1-3-5-20)18-26-27(21-8-12-24(31)13-9-21)25(15-32)29(33)35-28(22)26/h1-14,27H,16-18,33H2/b22-14+. The molecule has 0 saturated carbocycles. The van der Waals surface area contributed by atoms with Gasteiger partial charge in [-0.3, -0.25) is 4.90 Å². The molecule has 0 aliphatic carbocycles. The zero-order valence-corrected chi connectivity index (χ0v) is 18.9. The van der Waals surface area contributed by atoms with Crippen LogP contribution in [-0.4, -0.2) is 18.0 Å². The molecular weight excluding hydrogens is 444 g/mol.